The van der Waals surface area contributed by atoms with Gasteiger partial charge in [-0.1, -0.05) is 24.3 Å². The van der Waals surface area contributed by atoms with Crippen LogP contribution in [0.15, 0.2) is 36.7 Å². The van der Waals surface area contributed by atoms with Gasteiger partial charge in [-0.25, -0.2) is 0 Å². The van der Waals surface area contributed by atoms with Crippen molar-refractivity contribution >= 4 is 16.5 Å². The zero-order valence-electron chi connectivity index (χ0n) is 13.3. The van der Waals surface area contributed by atoms with E-state index in [2.05, 4.69) is 25.6 Å². The molecule has 1 aromatic carbocycles. The first-order chi connectivity index (χ1) is 11.5. The van der Waals surface area contributed by atoms with Crippen molar-refractivity contribution in [1.82, 2.24) is 9.88 Å². The fraction of sp³-hybridized carbons (Fsp3) is 0.471. The van der Waals surface area contributed by atoms with Gasteiger partial charge in [0.05, 0.1) is 18.5 Å². The number of ether oxygens (including phenoxy) is 1. The molecule has 130 valence electrons. The maximum absolute atomic E-state index is 12.0. The molecule has 0 bridgehead atoms. The van der Waals surface area contributed by atoms with Gasteiger partial charge in [0.1, 0.15) is 6.61 Å². The number of halogens is 3. The summed E-state index contributed by atoms with van der Waals surface area (Å²) >= 11 is 0. The van der Waals surface area contributed by atoms with E-state index in [1.54, 1.807) is 0 Å². The molecule has 1 aromatic heterocycles. The lowest BCUT2D eigenvalue weighted by molar-refractivity contribution is -0.174. The van der Waals surface area contributed by atoms with E-state index in [-0.39, 0.29) is 6.61 Å². The van der Waals surface area contributed by atoms with Crippen LogP contribution in [0.4, 0.5) is 18.9 Å². The number of pyridine rings is 1. The normalized spacial score (nSPS) is 16.7. The standard InChI is InChI=1S/C17H20F3N3O/c18-17(19,20)13-24-10-9-22-5-7-23(8-6-22)16-12-21-11-14-3-1-2-4-15(14)16/h1-4,11-12H,5-10,13H2. The number of alkyl halides is 3. The van der Waals surface area contributed by atoms with Gasteiger partial charge in [0.25, 0.3) is 0 Å². The molecule has 4 nitrogen and oxygen atoms in total. The maximum Gasteiger partial charge on any atom is 0.411 e. The van der Waals surface area contributed by atoms with E-state index in [9.17, 15) is 13.2 Å². The maximum atomic E-state index is 12.0. The minimum Gasteiger partial charge on any atom is -0.371 e. The predicted octanol–water partition coefficient (Wildman–Crippen LogP) is 2.94. The predicted molar refractivity (Wildman–Crippen MR) is 87.3 cm³/mol. The summed E-state index contributed by atoms with van der Waals surface area (Å²) in [5.74, 6) is 0. The number of piperazine rings is 1. The summed E-state index contributed by atoms with van der Waals surface area (Å²) in [7, 11) is 0. The van der Waals surface area contributed by atoms with Crippen LogP contribution in [0.1, 0.15) is 0 Å². The molecule has 1 saturated heterocycles. The molecule has 1 fully saturated rings. The number of hydrogen-bond donors (Lipinski definition) is 0. The van der Waals surface area contributed by atoms with Crippen LogP contribution < -0.4 is 4.90 Å². The van der Waals surface area contributed by atoms with Gasteiger partial charge in [0, 0.05) is 49.7 Å². The van der Waals surface area contributed by atoms with E-state index in [4.69, 9.17) is 0 Å². The zero-order valence-corrected chi connectivity index (χ0v) is 13.3. The minimum atomic E-state index is -4.25. The van der Waals surface area contributed by atoms with Crippen molar-refractivity contribution in [2.45, 2.75) is 6.18 Å². The van der Waals surface area contributed by atoms with E-state index < -0.39 is 12.8 Å². The van der Waals surface area contributed by atoms with Crippen molar-refractivity contribution < 1.29 is 17.9 Å². The lowest BCUT2D eigenvalue weighted by Gasteiger charge is -2.36. The Labute approximate surface area is 138 Å². The molecular weight excluding hydrogens is 319 g/mol. The summed E-state index contributed by atoms with van der Waals surface area (Å²) in [6, 6.07) is 8.14. The second-order valence-corrected chi connectivity index (χ2v) is 5.88. The SMILES string of the molecule is FC(F)(F)COCCN1CCN(c2cncc3ccccc23)CC1. The van der Waals surface area contributed by atoms with Crippen molar-refractivity contribution in [1.29, 1.82) is 0 Å². The summed E-state index contributed by atoms with van der Waals surface area (Å²) < 4.78 is 40.8. The monoisotopic (exact) mass is 339 g/mol. The Balaban J connectivity index is 1.52. The molecule has 2 heterocycles. The first-order valence-electron chi connectivity index (χ1n) is 7.97. The highest BCUT2D eigenvalue weighted by Gasteiger charge is 2.27. The average Bonchev–Trinajstić information content (AvgIpc) is 2.58. The number of anilines is 1. The zero-order chi connectivity index (χ0) is 17.0. The molecule has 0 N–H and O–H groups in total. The van der Waals surface area contributed by atoms with Crippen LogP contribution in [0.3, 0.4) is 0 Å². The number of hydrogen-bond acceptors (Lipinski definition) is 4. The molecule has 0 aliphatic carbocycles. The van der Waals surface area contributed by atoms with E-state index in [1.165, 1.54) is 5.39 Å². The van der Waals surface area contributed by atoms with E-state index in [1.807, 2.05) is 30.6 Å². The molecule has 3 rings (SSSR count). The Bertz CT molecular complexity index is 664. The molecule has 0 atom stereocenters. The molecule has 1 aliphatic rings. The molecule has 0 saturated carbocycles. The summed E-state index contributed by atoms with van der Waals surface area (Å²) in [6.07, 6.45) is -0.516. The fourth-order valence-electron chi connectivity index (χ4n) is 2.95. The summed E-state index contributed by atoms with van der Waals surface area (Å²) in [6.45, 7) is 2.72. The molecule has 7 heteroatoms. The van der Waals surface area contributed by atoms with Crippen LogP contribution in [-0.2, 0) is 4.74 Å². The van der Waals surface area contributed by atoms with Crippen molar-refractivity contribution in [3.05, 3.63) is 36.7 Å². The van der Waals surface area contributed by atoms with E-state index >= 15 is 0 Å². The largest absolute Gasteiger partial charge is 0.411 e. The number of aromatic nitrogens is 1. The van der Waals surface area contributed by atoms with Crippen LogP contribution in [0.5, 0.6) is 0 Å². The molecule has 1 aliphatic heterocycles. The Hall–Kier alpha value is -1.86. The lowest BCUT2D eigenvalue weighted by Crippen LogP contribution is -2.47. The smallest absolute Gasteiger partial charge is 0.371 e. The van der Waals surface area contributed by atoms with Crippen molar-refractivity contribution in [2.75, 3.05) is 50.8 Å². The third-order valence-corrected chi connectivity index (χ3v) is 4.18. The van der Waals surface area contributed by atoms with Crippen LogP contribution in [0.2, 0.25) is 0 Å². The number of rotatable bonds is 5. The Morgan fingerprint density at radius 3 is 2.54 bits per heavy atom. The summed E-state index contributed by atoms with van der Waals surface area (Å²) in [5.41, 5.74) is 1.11. The lowest BCUT2D eigenvalue weighted by atomic mass is 10.1. The second kappa shape index (κ2) is 7.36. The molecule has 24 heavy (non-hydrogen) atoms. The van der Waals surface area contributed by atoms with Gasteiger partial charge in [0.2, 0.25) is 0 Å². The van der Waals surface area contributed by atoms with Crippen molar-refractivity contribution in [3.63, 3.8) is 0 Å². The third-order valence-electron chi connectivity index (χ3n) is 4.18. The molecule has 0 radical (unpaired) electrons. The van der Waals surface area contributed by atoms with E-state index in [0.717, 1.165) is 37.3 Å². The quantitative estimate of drug-likeness (QED) is 0.783. The number of fused-ring (bicyclic) bond motifs is 1. The van der Waals surface area contributed by atoms with E-state index in [0.29, 0.717) is 6.54 Å². The highest BCUT2D eigenvalue weighted by atomic mass is 19.4. The van der Waals surface area contributed by atoms with Crippen LogP contribution >= 0.6 is 0 Å². The Morgan fingerprint density at radius 1 is 1.04 bits per heavy atom. The van der Waals surface area contributed by atoms with Crippen LogP contribution in [-0.4, -0.2) is 62.0 Å². The second-order valence-electron chi connectivity index (χ2n) is 5.88. The average molecular weight is 339 g/mol. The van der Waals surface area contributed by atoms with Crippen LogP contribution in [0, 0.1) is 0 Å². The third kappa shape index (κ3) is 4.36. The molecule has 0 unspecified atom stereocenters. The highest BCUT2D eigenvalue weighted by Crippen LogP contribution is 2.26. The van der Waals surface area contributed by atoms with Crippen LogP contribution in [0.25, 0.3) is 10.8 Å². The van der Waals surface area contributed by atoms with Gasteiger partial charge >= 0.3 is 6.18 Å². The number of benzene rings is 1. The summed E-state index contributed by atoms with van der Waals surface area (Å²) in [4.78, 5) is 8.72. The van der Waals surface area contributed by atoms with Gasteiger partial charge in [0.15, 0.2) is 0 Å². The van der Waals surface area contributed by atoms with Gasteiger partial charge in [-0.15, -0.1) is 0 Å². The first kappa shape index (κ1) is 17.0. The highest BCUT2D eigenvalue weighted by molar-refractivity contribution is 5.93. The van der Waals surface area contributed by atoms with Crippen molar-refractivity contribution in [3.8, 4) is 0 Å². The van der Waals surface area contributed by atoms with Gasteiger partial charge in [-0.2, -0.15) is 13.2 Å². The van der Waals surface area contributed by atoms with Gasteiger partial charge in [-0.05, 0) is 0 Å². The molecule has 0 spiro atoms. The van der Waals surface area contributed by atoms with Gasteiger partial charge < -0.3 is 9.64 Å². The van der Waals surface area contributed by atoms with Crippen molar-refractivity contribution in [2.24, 2.45) is 0 Å². The summed E-state index contributed by atoms with van der Waals surface area (Å²) in [5, 5.41) is 2.28. The minimum absolute atomic E-state index is 0.106. The topological polar surface area (TPSA) is 28.6 Å². The molecule has 2 aromatic rings. The Kier molecular flexibility index (Phi) is 5.20. The van der Waals surface area contributed by atoms with Gasteiger partial charge in [-0.3, -0.25) is 9.88 Å². The number of nitrogens with zero attached hydrogens (tertiary/aromatic N) is 3. The molecular formula is C17H20F3N3O. The Morgan fingerprint density at radius 2 is 1.79 bits per heavy atom. The first-order valence-corrected chi connectivity index (χ1v) is 7.97. The fourth-order valence-corrected chi connectivity index (χ4v) is 2.95. The molecule has 0 amide bonds.